The van der Waals surface area contributed by atoms with Gasteiger partial charge in [0.1, 0.15) is 0 Å². The first-order valence-electron chi connectivity index (χ1n) is 6.30. The Hall–Kier alpha value is -0.284. The number of carbonyl (C=O) groups is 2. The molecule has 1 unspecified atom stereocenters. The first-order chi connectivity index (χ1) is 9.43. The predicted molar refractivity (Wildman–Crippen MR) is 70.2 cm³/mol. The summed E-state index contributed by atoms with van der Waals surface area (Å²) in [5, 5.41) is 23.3. The van der Waals surface area contributed by atoms with E-state index in [4.69, 9.17) is 4.74 Å². The van der Waals surface area contributed by atoms with Gasteiger partial charge in [-0.25, -0.2) is 0 Å². The zero-order chi connectivity index (χ0) is 15.1. The summed E-state index contributed by atoms with van der Waals surface area (Å²) in [7, 11) is 0. The van der Waals surface area contributed by atoms with Gasteiger partial charge in [0, 0.05) is 18.7 Å². The number of carboxylic acid groups (broad SMARTS) is 1. The molecule has 110 valence electrons. The van der Waals surface area contributed by atoms with Crippen LogP contribution in [0.4, 0.5) is 0 Å². The van der Waals surface area contributed by atoms with E-state index in [-0.39, 0.29) is 63.6 Å². The maximum atomic E-state index is 11.2. The number of aliphatic hydroxyl groups excluding tert-OH is 1. The molecule has 1 aliphatic rings. The number of allylic oxidation sites excluding steroid dienone is 3. The van der Waals surface area contributed by atoms with Gasteiger partial charge in [0.2, 0.25) is 0 Å². The molecule has 0 aliphatic heterocycles. The molecule has 7 heteroatoms. The van der Waals surface area contributed by atoms with Crippen LogP contribution in [-0.4, -0.2) is 35.8 Å². The zero-order valence-corrected chi connectivity index (χ0v) is 15.6. The minimum atomic E-state index is -1.31. The van der Waals surface area contributed by atoms with Gasteiger partial charge in [0.25, 0.3) is 0 Å². The molecule has 0 aromatic rings. The predicted octanol–water partition coefficient (Wildman–Crippen LogP) is -3.59. The number of carboxylic acids is 1. The summed E-state index contributed by atoms with van der Waals surface area (Å²) >= 11 is 0. The molecule has 2 N–H and O–H groups in total. The van der Waals surface area contributed by atoms with E-state index in [0.29, 0.717) is 17.9 Å². The summed E-state index contributed by atoms with van der Waals surface area (Å²) in [5.41, 5.74) is 0.884. The Morgan fingerprint density at radius 3 is 2.71 bits per heavy atom. The van der Waals surface area contributed by atoms with Gasteiger partial charge < -0.3 is 25.1 Å². The summed E-state index contributed by atoms with van der Waals surface area (Å²) in [6.45, 7) is 3.68. The summed E-state index contributed by atoms with van der Waals surface area (Å²) in [6.07, 6.45) is 4.75. The van der Waals surface area contributed by atoms with Gasteiger partial charge in [-0.05, 0) is 31.6 Å². The number of aliphatic hydroxyl groups is 1. The van der Waals surface area contributed by atoms with E-state index in [1.54, 1.807) is 19.9 Å². The van der Waals surface area contributed by atoms with Crippen LogP contribution in [0.2, 0.25) is 0 Å². The van der Waals surface area contributed by atoms with Crippen molar-refractivity contribution < 1.29 is 75.9 Å². The van der Waals surface area contributed by atoms with Crippen molar-refractivity contribution in [1.82, 2.24) is 5.32 Å². The van der Waals surface area contributed by atoms with Gasteiger partial charge in [0.15, 0.2) is 12.1 Å². The van der Waals surface area contributed by atoms with E-state index < -0.39 is 18.3 Å². The van der Waals surface area contributed by atoms with Crippen LogP contribution in [0.15, 0.2) is 35.6 Å². The second kappa shape index (κ2) is 10.4. The van der Waals surface area contributed by atoms with Crippen LogP contribution in [0.25, 0.3) is 0 Å². The minimum Gasteiger partial charge on any atom is -0.548 e. The van der Waals surface area contributed by atoms with Crippen molar-refractivity contribution in [3.8, 4) is 0 Å². The van der Waals surface area contributed by atoms with Crippen LogP contribution in [0.1, 0.15) is 20.3 Å². The molecule has 2 atom stereocenters. The second-order valence-corrected chi connectivity index (χ2v) is 4.30. The Labute approximate surface area is 166 Å². The van der Waals surface area contributed by atoms with Crippen molar-refractivity contribution in [2.75, 3.05) is 6.61 Å². The third-order valence-corrected chi connectivity index (χ3v) is 2.67. The Balaban J connectivity index is 0.00000400. The van der Waals surface area contributed by atoms with Crippen LogP contribution in [0.3, 0.4) is 0 Å². The number of hydrogen-bond donors (Lipinski definition) is 2. The van der Waals surface area contributed by atoms with E-state index in [9.17, 15) is 19.8 Å². The molecule has 0 saturated heterocycles. The van der Waals surface area contributed by atoms with Crippen LogP contribution < -0.4 is 61.8 Å². The van der Waals surface area contributed by atoms with Gasteiger partial charge in [-0.2, -0.15) is 0 Å². The Morgan fingerprint density at radius 2 is 2.24 bits per heavy atom. The first-order valence-corrected chi connectivity index (χ1v) is 6.30. The van der Waals surface area contributed by atoms with Crippen LogP contribution >= 0.6 is 0 Å². The molecule has 0 fully saturated rings. The van der Waals surface area contributed by atoms with Crippen LogP contribution in [0.5, 0.6) is 0 Å². The fourth-order valence-corrected chi connectivity index (χ4v) is 1.74. The fraction of sp³-hybridized carbons (Fsp3) is 0.429. The van der Waals surface area contributed by atoms with Crippen LogP contribution in [-0.2, 0) is 14.3 Å². The van der Waals surface area contributed by atoms with Crippen molar-refractivity contribution in [3.05, 3.63) is 35.6 Å². The van der Waals surface area contributed by atoms with Gasteiger partial charge in [-0.3, -0.25) is 4.79 Å². The number of nitrogens with one attached hydrogen (secondary N) is 1. The first kappa shape index (κ1) is 20.7. The Bertz CT molecular complexity index is 470. The Kier molecular flexibility index (Phi) is 10.3. The van der Waals surface area contributed by atoms with E-state index in [2.05, 4.69) is 5.32 Å². The molecule has 0 aromatic carbocycles. The van der Waals surface area contributed by atoms with E-state index in [0.717, 1.165) is 0 Å². The van der Waals surface area contributed by atoms with Crippen molar-refractivity contribution in [3.63, 3.8) is 0 Å². The summed E-state index contributed by atoms with van der Waals surface area (Å²) < 4.78 is 4.92. The number of ketones is 1. The molecule has 0 aromatic heterocycles. The fourth-order valence-electron chi connectivity index (χ4n) is 1.74. The van der Waals surface area contributed by atoms with Crippen molar-refractivity contribution in [2.24, 2.45) is 0 Å². The van der Waals surface area contributed by atoms with E-state index >= 15 is 0 Å². The van der Waals surface area contributed by atoms with E-state index in [1.807, 2.05) is 0 Å². The maximum Gasteiger partial charge on any atom is 1.00 e. The quantitative estimate of drug-likeness (QED) is 0.372. The number of rotatable bonds is 7. The second-order valence-electron chi connectivity index (χ2n) is 4.30. The van der Waals surface area contributed by atoms with Gasteiger partial charge in [0.05, 0.1) is 12.0 Å². The molecule has 0 heterocycles. The third-order valence-electron chi connectivity index (χ3n) is 2.67. The number of hydrogen-bond acceptors (Lipinski definition) is 6. The summed E-state index contributed by atoms with van der Waals surface area (Å²) in [6, 6.07) is -1.08. The maximum absolute atomic E-state index is 11.2. The van der Waals surface area contributed by atoms with Crippen molar-refractivity contribution >= 4 is 11.8 Å². The molecule has 0 radical (unpaired) electrons. The molecule has 1 rings (SSSR count). The molecule has 21 heavy (non-hydrogen) atoms. The topological polar surface area (TPSA) is 98.7 Å². The van der Waals surface area contributed by atoms with Crippen molar-refractivity contribution in [2.45, 2.75) is 32.6 Å². The Morgan fingerprint density at radius 1 is 1.57 bits per heavy atom. The normalized spacial score (nSPS) is 17.6. The minimum absolute atomic E-state index is 0. The van der Waals surface area contributed by atoms with Crippen LogP contribution in [0, 0.1) is 0 Å². The average molecular weight is 319 g/mol. The number of ether oxygens (including phenoxy) is 1. The monoisotopic (exact) mass is 319 g/mol. The summed E-state index contributed by atoms with van der Waals surface area (Å²) in [5.74, 6) is -1.39. The smallest absolute Gasteiger partial charge is 0.548 e. The van der Waals surface area contributed by atoms with Gasteiger partial charge in [-0.15, -0.1) is 0 Å². The standard InChI is InChI=1S/C14H19NO5.K/c1-3-20-12(17)8-9(2)15-13(14(18)19)10-4-6-11(16)7-5-10;/h4-6,8,12-13,15,17H,3,7H2,1-2H3,(H,18,19);/q;+1/p-1/t12?,13-;/m1./s1. The van der Waals surface area contributed by atoms with Gasteiger partial charge >= 0.3 is 51.4 Å². The molecular formula is C14H18KNO5. The molecule has 0 bridgehead atoms. The molecule has 1 aliphatic carbocycles. The molecule has 0 saturated carbocycles. The molecule has 0 amide bonds. The van der Waals surface area contributed by atoms with E-state index in [1.165, 1.54) is 18.2 Å². The third kappa shape index (κ3) is 7.50. The molecule has 0 spiro atoms. The molecule has 6 nitrogen and oxygen atoms in total. The number of aliphatic carboxylic acids is 1. The SMILES string of the molecule is CCOC(O)C=C(C)N[C@@H](C(=O)[O-])C1=CCC(=O)C=C1.[K+]. The van der Waals surface area contributed by atoms with Gasteiger partial charge in [-0.1, -0.05) is 12.2 Å². The summed E-state index contributed by atoms with van der Waals surface area (Å²) in [4.78, 5) is 22.2. The largest absolute Gasteiger partial charge is 1.00 e. The zero-order valence-electron chi connectivity index (χ0n) is 12.5. The average Bonchev–Trinajstić information content (AvgIpc) is 2.37. The molecular weight excluding hydrogens is 301 g/mol. The van der Waals surface area contributed by atoms with Crippen molar-refractivity contribution in [1.29, 1.82) is 0 Å². The number of carbonyl (C=O) groups excluding carboxylic acids is 2.